The van der Waals surface area contributed by atoms with Gasteiger partial charge in [-0.15, -0.1) is 0 Å². The molecule has 6 heteroatoms. The highest BCUT2D eigenvalue weighted by molar-refractivity contribution is 7.90. The topological polar surface area (TPSA) is 75.3 Å². The molecule has 0 aliphatic carbocycles. The normalized spacial score (nSPS) is 15.9. The van der Waals surface area contributed by atoms with E-state index >= 15 is 0 Å². The highest BCUT2D eigenvalue weighted by atomic mass is 32.2. The number of anilines is 1. The molecule has 1 aromatic carbocycles. The zero-order valence-electron chi connectivity index (χ0n) is 11.1. The fourth-order valence-corrected chi connectivity index (χ4v) is 2.57. The summed E-state index contributed by atoms with van der Waals surface area (Å²) in [6.45, 7) is 3.58. The zero-order chi connectivity index (χ0) is 14.0. The van der Waals surface area contributed by atoms with E-state index in [1.165, 1.54) is 6.07 Å². The lowest BCUT2D eigenvalue weighted by atomic mass is 9.99. The average molecular weight is 282 g/mol. The van der Waals surface area contributed by atoms with E-state index in [4.69, 9.17) is 0 Å². The summed E-state index contributed by atoms with van der Waals surface area (Å²) in [6.07, 6.45) is 1.62. The van der Waals surface area contributed by atoms with E-state index in [1.807, 2.05) is 6.92 Å². The molecule has 1 aliphatic heterocycles. The smallest absolute Gasteiger partial charge is 0.224 e. The van der Waals surface area contributed by atoms with Crippen molar-refractivity contribution in [1.29, 1.82) is 0 Å². The number of rotatable bonds is 4. The van der Waals surface area contributed by atoms with Crippen molar-refractivity contribution in [3.8, 4) is 0 Å². The number of nitrogens with one attached hydrogen (secondary N) is 2. The van der Waals surface area contributed by atoms with Gasteiger partial charge in [0.25, 0.3) is 0 Å². The number of benzene rings is 1. The van der Waals surface area contributed by atoms with Crippen molar-refractivity contribution in [2.45, 2.75) is 18.2 Å². The second-order valence-corrected chi connectivity index (χ2v) is 7.04. The van der Waals surface area contributed by atoms with Gasteiger partial charge >= 0.3 is 0 Å². The third-order valence-corrected chi connectivity index (χ3v) is 4.36. The Hall–Kier alpha value is -1.40. The highest BCUT2D eigenvalue weighted by Crippen LogP contribution is 2.21. The van der Waals surface area contributed by atoms with Crippen molar-refractivity contribution in [1.82, 2.24) is 5.32 Å². The summed E-state index contributed by atoms with van der Waals surface area (Å²) in [5.74, 6) is 0.318. The first kappa shape index (κ1) is 14.0. The van der Waals surface area contributed by atoms with Crippen molar-refractivity contribution >= 4 is 21.4 Å². The van der Waals surface area contributed by atoms with E-state index in [0.717, 1.165) is 24.9 Å². The molecule has 0 unspecified atom stereocenters. The summed E-state index contributed by atoms with van der Waals surface area (Å²) in [4.78, 5) is 12.1. The first-order chi connectivity index (χ1) is 8.86. The van der Waals surface area contributed by atoms with E-state index < -0.39 is 9.84 Å². The zero-order valence-corrected chi connectivity index (χ0v) is 11.9. The van der Waals surface area contributed by atoms with Gasteiger partial charge in [0.1, 0.15) is 0 Å². The lowest BCUT2D eigenvalue weighted by Gasteiger charge is -2.26. The lowest BCUT2D eigenvalue weighted by Crippen LogP contribution is -2.43. The van der Waals surface area contributed by atoms with Gasteiger partial charge in [-0.25, -0.2) is 8.42 Å². The molecule has 2 N–H and O–H groups in total. The maximum atomic E-state index is 11.8. The molecule has 104 valence electrons. The van der Waals surface area contributed by atoms with Crippen LogP contribution in [0.15, 0.2) is 23.1 Å². The van der Waals surface area contributed by atoms with E-state index in [0.29, 0.717) is 18.0 Å². The van der Waals surface area contributed by atoms with Gasteiger partial charge in [0, 0.05) is 18.4 Å². The van der Waals surface area contributed by atoms with Gasteiger partial charge in [-0.05, 0) is 43.6 Å². The molecule has 1 aromatic rings. The van der Waals surface area contributed by atoms with Crippen LogP contribution in [0.25, 0.3) is 0 Å². The van der Waals surface area contributed by atoms with Crippen LogP contribution in [0, 0.1) is 12.8 Å². The van der Waals surface area contributed by atoms with Crippen LogP contribution in [0.2, 0.25) is 0 Å². The highest BCUT2D eigenvalue weighted by Gasteiger charge is 2.20. The standard InChI is InChI=1S/C13H18N2O3S/c1-9-3-4-11(19(2,17)18)6-12(9)15-13(16)5-10-7-14-8-10/h3-4,6,10,14H,5,7-8H2,1-2H3,(H,15,16). The Labute approximate surface area is 113 Å². The summed E-state index contributed by atoms with van der Waals surface area (Å²) in [5.41, 5.74) is 1.42. The number of carbonyl (C=O) groups excluding carboxylic acids is 1. The fraction of sp³-hybridized carbons (Fsp3) is 0.462. The molecule has 1 heterocycles. The number of hydrogen-bond donors (Lipinski definition) is 2. The van der Waals surface area contributed by atoms with Gasteiger partial charge in [-0.1, -0.05) is 6.07 Å². The van der Waals surface area contributed by atoms with Crippen LogP contribution in [0.1, 0.15) is 12.0 Å². The predicted octanol–water partition coefficient (Wildman–Crippen LogP) is 0.947. The molecule has 0 bridgehead atoms. The van der Waals surface area contributed by atoms with Crippen molar-refractivity contribution in [3.63, 3.8) is 0 Å². The van der Waals surface area contributed by atoms with Gasteiger partial charge in [0.15, 0.2) is 9.84 Å². The first-order valence-corrected chi connectivity index (χ1v) is 8.06. The van der Waals surface area contributed by atoms with E-state index in [-0.39, 0.29) is 10.8 Å². The van der Waals surface area contributed by atoms with Crippen LogP contribution in [0.3, 0.4) is 0 Å². The van der Waals surface area contributed by atoms with Crippen molar-refractivity contribution in [2.75, 3.05) is 24.7 Å². The fourth-order valence-electron chi connectivity index (χ4n) is 1.92. The quantitative estimate of drug-likeness (QED) is 0.862. The summed E-state index contributed by atoms with van der Waals surface area (Å²) in [5, 5.41) is 5.90. The molecular weight excluding hydrogens is 264 g/mol. The second kappa shape index (κ2) is 5.30. The third kappa shape index (κ3) is 3.54. The molecular formula is C13H18N2O3S. The van der Waals surface area contributed by atoms with Crippen molar-refractivity contribution in [2.24, 2.45) is 5.92 Å². The van der Waals surface area contributed by atoms with Crippen LogP contribution < -0.4 is 10.6 Å². The molecule has 5 nitrogen and oxygen atoms in total. The third-order valence-electron chi connectivity index (χ3n) is 3.25. The molecule has 1 fully saturated rings. The number of carbonyl (C=O) groups is 1. The minimum Gasteiger partial charge on any atom is -0.326 e. The van der Waals surface area contributed by atoms with Crippen LogP contribution in [0.5, 0.6) is 0 Å². The predicted molar refractivity (Wildman–Crippen MR) is 73.9 cm³/mol. The molecule has 1 amide bonds. The Morgan fingerprint density at radius 3 is 2.63 bits per heavy atom. The van der Waals surface area contributed by atoms with Crippen LogP contribution in [-0.4, -0.2) is 33.7 Å². The SMILES string of the molecule is Cc1ccc(S(C)(=O)=O)cc1NC(=O)CC1CNC1. The summed E-state index contributed by atoms with van der Waals surface area (Å²) in [6, 6.07) is 4.77. The maximum Gasteiger partial charge on any atom is 0.224 e. The van der Waals surface area contributed by atoms with Gasteiger partial charge in [0.2, 0.25) is 5.91 Å². The first-order valence-electron chi connectivity index (χ1n) is 6.17. The maximum absolute atomic E-state index is 11.8. The molecule has 0 saturated carbocycles. The van der Waals surface area contributed by atoms with Gasteiger partial charge < -0.3 is 10.6 Å². The number of aryl methyl sites for hydroxylation is 1. The van der Waals surface area contributed by atoms with E-state index in [1.54, 1.807) is 12.1 Å². The Bertz CT molecular complexity index is 592. The minimum absolute atomic E-state index is 0.0692. The van der Waals surface area contributed by atoms with E-state index in [9.17, 15) is 13.2 Å². The minimum atomic E-state index is -3.26. The Kier molecular flexibility index (Phi) is 3.91. The molecule has 2 rings (SSSR count). The molecule has 0 spiro atoms. The summed E-state index contributed by atoms with van der Waals surface area (Å²) in [7, 11) is -3.26. The Balaban J connectivity index is 2.12. The molecule has 19 heavy (non-hydrogen) atoms. The lowest BCUT2D eigenvalue weighted by molar-refractivity contribution is -0.117. The van der Waals surface area contributed by atoms with Crippen molar-refractivity contribution < 1.29 is 13.2 Å². The number of hydrogen-bond acceptors (Lipinski definition) is 4. The van der Waals surface area contributed by atoms with Crippen LogP contribution in [0.4, 0.5) is 5.69 Å². The average Bonchev–Trinajstić information content (AvgIpc) is 2.25. The number of amides is 1. The molecule has 0 radical (unpaired) electrons. The summed E-state index contributed by atoms with van der Waals surface area (Å²) >= 11 is 0. The second-order valence-electron chi connectivity index (χ2n) is 5.03. The summed E-state index contributed by atoms with van der Waals surface area (Å²) < 4.78 is 23.0. The van der Waals surface area contributed by atoms with Gasteiger partial charge in [-0.2, -0.15) is 0 Å². The Morgan fingerprint density at radius 1 is 1.42 bits per heavy atom. The molecule has 0 aromatic heterocycles. The largest absolute Gasteiger partial charge is 0.326 e. The Morgan fingerprint density at radius 2 is 2.11 bits per heavy atom. The molecule has 1 saturated heterocycles. The van der Waals surface area contributed by atoms with Crippen LogP contribution >= 0.6 is 0 Å². The van der Waals surface area contributed by atoms with Crippen LogP contribution in [-0.2, 0) is 14.6 Å². The van der Waals surface area contributed by atoms with Gasteiger partial charge in [-0.3, -0.25) is 4.79 Å². The van der Waals surface area contributed by atoms with E-state index in [2.05, 4.69) is 10.6 Å². The number of sulfone groups is 1. The van der Waals surface area contributed by atoms with Crippen molar-refractivity contribution in [3.05, 3.63) is 23.8 Å². The molecule has 0 atom stereocenters. The monoisotopic (exact) mass is 282 g/mol. The van der Waals surface area contributed by atoms with Gasteiger partial charge in [0.05, 0.1) is 4.90 Å². The molecule has 1 aliphatic rings.